The van der Waals surface area contributed by atoms with Gasteiger partial charge in [0.1, 0.15) is 12.4 Å². The molecule has 5 nitrogen and oxygen atoms in total. The van der Waals surface area contributed by atoms with Gasteiger partial charge in [-0.3, -0.25) is 4.79 Å². The van der Waals surface area contributed by atoms with Crippen LogP contribution in [0.1, 0.15) is 29.6 Å². The smallest absolute Gasteiger partial charge is 0.257 e. The zero-order valence-corrected chi connectivity index (χ0v) is 15.4. The quantitative estimate of drug-likeness (QED) is 0.727. The standard InChI is InChI=1S/C18H28N2O3.ClH/c1-19-10-7-15-8-11-20(12-9-15)18(21)16-5-3-4-6-17(16)23-14-13-22-2;/h3-6,15,19H,7-14H2,1-2H3;1H. The highest BCUT2D eigenvalue weighted by Gasteiger charge is 2.25. The Labute approximate surface area is 151 Å². The third kappa shape index (κ3) is 5.96. The van der Waals surface area contributed by atoms with E-state index in [1.165, 1.54) is 6.42 Å². The summed E-state index contributed by atoms with van der Waals surface area (Å²) >= 11 is 0. The third-order valence-corrected chi connectivity index (χ3v) is 4.37. The van der Waals surface area contributed by atoms with Crippen LogP contribution in [0.2, 0.25) is 0 Å². The lowest BCUT2D eigenvalue weighted by molar-refractivity contribution is 0.0680. The van der Waals surface area contributed by atoms with E-state index in [0.29, 0.717) is 24.5 Å². The van der Waals surface area contributed by atoms with Crippen molar-refractivity contribution in [3.63, 3.8) is 0 Å². The molecule has 1 aromatic rings. The molecule has 1 amide bonds. The summed E-state index contributed by atoms with van der Waals surface area (Å²) in [6, 6.07) is 7.47. The second kappa shape index (κ2) is 11.3. The van der Waals surface area contributed by atoms with Crippen LogP contribution in [0.25, 0.3) is 0 Å². The molecule has 1 aliphatic rings. The Bertz CT molecular complexity index is 491. The summed E-state index contributed by atoms with van der Waals surface area (Å²) in [5.74, 6) is 1.44. The number of ether oxygens (including phenoxy) is 2. The highest BCUT2D eigenvalue weighted by Crippen LogP contribution is 2.25. The Morgan fingerprint density at radius 2 is 1.96 bits per heavy atom. The first-order chi connectivity index (χ1) is 11.3. The van der Waals surface area contributed by atoms with E-state index in [-0.39, 0.29) is 18.3 Å². The molecule has 136 valence electrons. The normalized spacial score (nSPS) is 15.0. The van der Waals surface area contributed by atoms with E-state index < -0.39 is 0 Å². The first kappa shape index (κ1) is 20.7. The minimum Gasteiger partial charge on any atom is -0.490 e. The van der Waals surface area contributed by atoms with E-state index in [2.05, 4.69) is 5.32 Å². The summed E-state index contributed by atoms with van der Waals surface area (Å²) in [5, 5.41) is 3.20. The summed E-state index contributed by atoms with van der Waals surface area (Å²) in [5.41, 5.74) is 0.650. The molecule has 6 heteroatoms. The monoisotopic (exact) mass is 356 g/mol. The number of hydrogen-bond acceptors (Lipinski definition) is 4. The molecule has 1 aliphatic heterocycles. The van der Waals surface area contributed by atoms with Gasteiger partial charge in [-0.15, -0.1) is 12.4 Å². The van der Waals surface area contributed by atoms with Crippen molar-refractivity contribution in [2.45, 2.75) is 19.3 Å². The molecule has 2 rings (SSSR count). The zero-order chi connectivity index (χ0) is 16.5. The van der Waals surface area contributed by atoms with Crippen LogP contribution in [-0.4, -0.2) is 57.8 Å². The average Bonchev–Trinajstić information content (AvgIpc) is 2.60. The van der Waals surface area contributed by atoms with E-state index in [4.69, 9.17) is 9.47 Å². The predicted octanol–water partition coefficient (Wildman–Crippen LogP) is 2.60. The Kier molecular flexibility index (Phi) is 9.76. The van der Waals surface area contributed by atoms with Gasteiger partial charge in [-0.1, -0.05) is 12.1 Å². The van der Waals surface area contributed by atoms with Crippen LogP contribution in [0, 0.1) is 5.92 Å². The van der Waals surface area contributed by atoms with Crippen molar-refractivity contribution in [2.24, 2.45) is 5.92 Å². The van der Waals surface area contributed by atoms with Crippen LogP contribution in [0.4, 0.5) is 0 Å². The van der Waals surface area contributed by atoms with Crippen molar-refractivity contribution in [1.29, 1.82) is 0 Å². The fraction of sp³-hybridized carbons (Fsp3) is 0.611. The number of halogens is 1. The summed E-state index contributed by atoms with van der Waals surface area (Å²) in [7, 11) is 3.62. The van der Waals surface area contributed by atoms with E-state index in [9.17, 15) is 4.79 Å². The van der Waals surface area contributed by atoms with Crippen molar-refractivity contribution < 1.29 is 14.3 Å². The third-order valence-electron chi connectivity index (χ3n) is 4.37. The van der Waals surface area contributed by atoms with Gasteiger partial charge in [0.05, 0.1) is 12.2 Å². The van der Waals surface area contributed by atoms with Gasteiger partial charge < -0.3 is 19.7 Å². The molecular weight excluding hydrogens is 328 g/mol. The maximum Gasteiger partial charge on any atom is 0.257 e. The lowest BCUT2D eigenvalue weighted by atomic mass is 9.93. The molecule has 24 heavy (non-hydrogen) atoms. The summed E-state index contributed by atoms with van der Waals surface area (Å²) in [4.78, 5) is 14.7. The van der Waals surface area contributed by atoms with Crippen molar-refractivity contribution in [2.75, 3.05) is 47.0 Å². The van der Waals surface area contributed by atoms with Crippen LogP contribution in [-0.2, 0) is 4.74 Å². The van der Waals surface area contributed by atoms with Gasteiger partial charge in [-0.2, -0.15) is 0 Å². The Morgan fingerprint density at radius 1 is 1.25 bits per heavy atom. The van der Waals surface area contributed by atoms with Crippen LogP contribution >= 0.6 is 12.4 Å². The van der Waals surface area contributed by atoms with Gasteiger partial charge in [-0.05, 0) is 50.9 Å². The number of likely N-dealkylation sites (tertiary alicyclic amines) is 1. The number of hydrogen-bond donors (Lipinski definition) is 1. The number of benzene rings is 1. The van der Waals surface area contributed by atoms with Gasteiger partial charge in [-0.25, -0.2) is 0 Å². The number of nitrogens with one attached hydrogen (secondary N) is 1. The molecule has 1 saturated heterocycles. The minimum atomic E-state index is 0. The molecule has 0 bridgehead atoms. The number of carbonyl (C=O) groups excluding carboxylic acids is 1. The molecule has 0 spiro atoms. The average molecular weight is 357 g/mol. The van der Waals surface area contributed by atoms with Gasteiger partial charge in [0.15, 0.2) is 0 Å². The fourth-order valence-electron chi connectivity index (χ4n) is 2.95. The van der Waals surface area contributed by atoms with E-state index in [1.54, 1.807) is 7.11 Å². The molecular formula is C18H29ClN2O3. The Hall–Kier alpha value is -1.30. The van der Waals surface area contributed by atoms with Crippen LogP contribution in [0.5, 0.6) is 5.75 Å². The van der Waals surface area contributed by atoms with Gasteiger partial charge >= 0.3 is 0 Å². The first-order valence-electron chi connectivity index (χ1n) is 8.41. The second-order valence-electron chi connectivity index (χ2n) is 5.97. The van der Waals surface area contributed by atoms with Crippen molar-refractivity contribution in [1.82, 2.24) is 10.2 Å². The highest BCUT2D eigenvalue weighted by atomic mass is 35.5. The molecule has 1 aromatic carbocycles. The molecule has 0 unspecified atom stereocenters. The highest BCUT2D eigenvalue weighted by molar-refractivity contribution is 5.97. The Balaban J connectivity index is 0.00000288. The largest absolute Gasteiger partial charge is 0.490 e. The maximum absolute atomic E-state index is 12.8. The molecule has 0 saturated carbocycles. The number of para-hydroxylation sites is 1. The first-order valence-corrected chi connectivity index (χ1v) is 8.41. The fourth-order valence-corrected chi connectivity index (χ4v) is 2.95. The molecule has 1 heterocycles. The molecule has 1 fully saturated rings. The number of amides is 1. The minimum absolute atomic E-state index is 0. The van der Waals surface area contributed by atoms with E-state index >= 15 is 0 Å². The molecule has 0 aromatic heterocycles. The van der Waals surface area contributed by atoms with Gasteiger partial charge in [0.25, 0.3) is 5.91 Å². The number of methoxy groups -OCH3 is 1. The summed E-state index contributed by atoms with van der Waals surface area (Å²) in [6.45, 7) is 3.68. The van der Waals surface area contributed by atoms with E-state index in [0.717, 1.165) is 38.4 Å². The lowest BCUT2D eigenvalue weighted by Crippen LogP contribution is -2.39. The molecule has 0 atom stereocenters. The topological polar surface area (TPSA) is 50.8 Å². The SMILES string of the molecule is CNCCC1CCN(C(=O)c2ccccc2OCCOC)CC1.Cl. The van der Waals surface area contributed by atoms with Crippen molar-refractivity contribution in [3.05, 3.63) is 29.8 Å². The number of nitrogens with zero attached hydrogens (tertiary/aromatic N) is 1. The number of rotatable bonds is 8. The predicted molar refractivity (Wildman–Crippen MR) is 98.2 cm³/mol. The lowest BCUT2D eigenvalue weighted by Gasteiger charge is -2.32. The van der Waals surface area contributed by atoms with Crippen molar-refractivity contribution in [3.8, 4) is 5.75 Å². The van der Waals surface area contributed by atoms with Gasteiger partial charge in [0, 0.05) is 20.2 Å². The van der Waals surface area contributed by atoms with Crippen LogP contribution in [0.3, 0.4) is 0 Å². The molecule has 0 aliphatic carbocycles. The number of carbonyl (C=O) groups is 1. The van der Waals surface area contributed by atoms with Gasteiger partial charge in [0.2, 0.25) is 0 Å². The van der Waals surface area contributed by atoms with Crippen LogP contribution in [0.15, 0.2) is 24.3 Å². The summed E-state index contributed by atoms with van der Waals surface area (Å²) in [6.07, 6.45) is 3.36. The molecule has 1 N–H and O–H groups in total. The second-order valence-corrected chi connectivity index (χ2v) is 5.97. The summed E-state index contributed by atoms with van der Waals surface area (Å²) < 4.78 is 10.7. The van der Waals surface area contributed by atoms with Crippen LogP contribution < -0.4 is 10.1 Å². The Morgan fingerprint density at radius 3 is 2.62 bits per heavy atom. The maximum atomic E-state index is 12.8. The molecule has 0 radical (unpaired) electrons. The van der Waals surface area contributed by atoms with E-state index in [1.807, 2.05) is 36.2 Å². The number of piperidine rings is 1. The zero-order valence-electron chi connectivity index (χ0n) is 14.6. The van der Waals surface area contributed by atoms with Crippen molar-refractivity contribution >= 4 is 18.3 Å².